The highest BCUT2D eigenvalue weighted by atomic mass is 35.5. The molecule has 7 aliphatic rings. The van der Waals surface area contributed by atoms with Crippen molar-refractivity contribution in [2.24, 2.45) is 23.3 Å². The van der Waals surface area contributed by atoms with Crippen molar-refractivity contribution in [1.29, 1.82) is 0 Å². The Balaban J connectivity index is 1.24. The number of ether oxygens (including phenoxy) is 6. The van der Waals surface area contributed by atoms with E-state index in [0.29, 0.717) is 0 Å². The van der Waals surface area contributed by atoms with Gasteiger partial charge in [-0.15, -0.1) is 0 Å². The predicted molar refractivity (Wildman–Crippen MR) is 361 cm³/mol. The van der Waals surface area contributed by atoms with Crippen LogP contribution in [0.2, 0.25) is 10.0 Å². The fourth-order valence-electron chi connectivity index (χ4n) is 12.6. The predicted octanol–water partition coefficient (Wildman–Crippen LogP) is -0.665. The van der Waals surface area contributed by atoms with Gasteiger partial charge >= 0.3 is 0 Å². The number of hydrogen-bond acceptors (Lipinski definition) is 26. The molecule has 0 radical (unpaired) electrons. The van der Waals surface area contributed by atoms with Gasteiger partial charge in [0.05, 0.1) is 35.7 Å². The van der Waals surface area contributed by atoms with Crippen LogP contribution >= 0.6 is 23.2 Å². The molecule has 22 N–H and O–H groups in total. The molecule has 0 spiro atoms. The van der Waals surface area contributed by atoms with Gasteiger partial charge in [0.1, 0.15) is 95.5 Å². The molecule has 5 aromatic rings. The Morgan fingerprint density at radius 1 is 0.712 bits per heavy atom. The van der Waals surface area contributed by atoms with Gasteiger partial charge in [0.2, 0.25) is 59.3 Å². The number of rotatable bonds is 15. The highest BCUT2D eigenvalue weighted by Gasteiger charge is 2.51. The van der Waals surface area contributed by atoms with E-state index in [0.717, 1.165) is 66.7 Å². The first kappa shape index (κ1) is 77.4. The Labute approximate surface area is 602 Å². The number of carbonyl (C=O) groups is 8. The Bertz CT molecular complexity index is 4140. The number of aliphatic hydroxyl groups is 7. The van der Waals surface area contributed by atoms with Crippen LogP contribution in [0.4, 0.5) is 0 Å². The van der Waals surface area contributed by atoms with Crippen LogP contribution in [-0.4, -0.2) is 198 Å². The number of primary amides is 1. The quantitative estimate of drug-likeness (QED) is 0.0618. The molecule has 36 heteroatoms. The van der Waals surface area contributed by atoms with Crippen LogP contribution in [0, 0.1) is 11.8 Å². The Morgan fingerprint density at radius 2 is 1.33 bits per heavy atom. The molecule has 18 atom stereocenters. The van der Waals surface area contributed by atoms with Gasteiger partial charge in [-0.25, -0.2) is 0 Å². The third-order valence-corrected chi connectivity index (χ3v) is 19.1. The summed E-state index contributed by atoms with van der Waals surface area (Å²) in [4.78, 5) is 119. The van der Waals surface area contributed by atoms with E-state index in [2.05, 4.69) is 42.5 Å². The first-order valence-electron chi connectivity index (χ1n) is 32.8. The molecule has 0 aromatic heterocycles. The van der Waals surface area contributed by atoms with Gasteiger partial charge < -0.3 is 133 Å². The first-order chi connectivity index (χ1) is 49.2. The van der Waals surface area contributed by atoms with E-state index < -0.39 is 250 Å². The van der Waals surface area contributed by atoms with E-state index >= 15 is 19.2 Å². The molecular weight excluding hydrogens is 1410 g/mol. The number of nitrogens with one attached hydrogen (secondary N) is 8. The smallest absolute Gasteiger partial charge is 0.248 e. The highest BCUT2D eigenvalue weighted by Crippen LogP contribution is 2.50. The van der Waals surface area contributed by atoms with Crippen LogP contribution in [-0.2, 0) is 52.6 Å². The van der Waals surface area contributed by atoms with Crippen molar-refractivity contribution in [1.82, 2.24) is 42.5 Å². The van der Waals surface area contributed by atoms with Gasteiger partial charge in [-0.2, -0.15) is 0 Å². The minimum atomic E-state index is -2.35. The van der Waals surface area contributed by atoms with Crippen LogP contribution in [0.5, 0.6) is 46.0 Å². The number of aromatic hydroxyl groups is 3. The van der Waals surface area contributed by atoms with Gasteiger partial charge in [0, 0.05) is 41.6 Å². The van der Waals surface area contributed by atoms with Crippen LogP contribution in [0.1, 0.15) is 105 Å². The summed E-state index contributed by atoms with van der Waals surface area (Å²) in [6.45, 7) is 4.82. The minimum Gasteiger partial charge on any atom is -0.508 e. The summed E-state index contributed by atoms with van der Waals surface area (Å²) < 4.78 is 38.1. The molecular formula is C68H80Cl2N10O24. The standard InChI is InChI=1S/C68H80Cl2N10O24/c1-25(2)14-36(73-5)59(91)79-51-53(87)28-7-10-40(34(69)16-28)99-42-18-30-19-43(57(42)104-67-58(56(90)55(89)44(24-82)101-67)102-46-23-68(4,72)26(3)66(98)103-46)100-41-11-8-29(17-35(41)70)54(88)52-65(97)78-50(61(93)74-12-13-81)33-20-31(83)21-39(85)47(33)32-15-27(6-9-38(32)84)48(62(94)80-52)77-63(95)49(30)76-60(92)37(22-45(71)86)75-64(51)96/h6-11,15-21,25-26,36-37,44,46,48-56,58,66-67,73,81-85,87-90,98H,12-14,22-24,72H2,1-5H3,(H2,71,86)(H,74,93)(H,75,96)(H,76,92)(H,77,95)(H,78,97)(H,79,91)(H,80,94)/t26-,36-,37+,44+,46-,48-,49-,50+,51-,52+,53-,54-,55+,56-,58+,66-,67-,68+/m1/s1. The maximum absolute atomic E-state index is 16.1. The summed E-state index contributed by atoms with van der Waals surface area (Å²) in [6, 6.07) is -0.0930. The topological polar surface area (TPSA) is 543 Å². The zero-order chi connectivity index (χ0) is 75.7. The Kier molecular flexibility index (Phi) is 23.8. The second kappa shape index (κ2) is 32.0. The third-order valence-electron chi connectivity index (χ3n) is 18.5. The number of halogens is 2. The maximum Gasteiger partial charge on any atom is 0.248 e. The van der Waals surface area contributed by atoms with Gasteiger partial charge in [-0.05, 0) is 109 Å². The van der Waals surface area contributed by atoms with Gasteiger partial charge in [0.15, 0.2) is 30.2 Å². The van der Waals surface area contributed by atoms with E-state index in [1.165, 1.54) is 19.2 Å². The zero-order valence-corrected chi connectivity index (χ0v) is 57.8. The summed E-state index contributed by atoms with van der Waals surface area (Å²) >= 11 is 14.2. The molecule has 12 rings (SSSR count). The number of carbonyl (C=O) groups excluding carboxylic acids is 8. The molecule has 8 amide bonds. The highest BCUT2D eigenvalue weighted by molar-refractivity contribution is 6.32. The van der Waals surface area contributed by atoms with Crippen molar-refractivity contribution >= 4 is 70.5 Å². The second-order valence-electron chi connectivity index (χ2n) is 26.4. The monoisotopic (exact) mass is 1490 g/mol. The molecule has 5 aromatic carbocycles. The van der Waals surface area contributed by atoms with Crippen LogP contribution in [0.25, 0.3) is 11.1 Å². The van der Waals surface area contributed by atoms with E-state index in [4.69, 9.17) is 63.1 Å². The lowest BCUT2D eigenvalue weighted by atomic mass is 9.82. The zero-order valence-electron chi connectivity index (χ0n) is 56.2. The van der Waals surface area contributed by atoms with Gasteiger partial charge in [-0.3, -0.25) is 38.4 Å². The van der Waals surface area contributed by atoms with E-state index in [1.807, 2.05) is 13.8 Å². The number of phenols is 3. The van der Waals surface area contributed by atoms with Crippen LogP contribution in [0.15, 0.2) is 78.9 Å². The van der Waals surface area contributed by atoms with Crippen molar-refractivity contribution in [3.05, 3.63) is 117 Å². The number of fused-ring (bicyclic) bond motifs is 15. The molecule has 2 saturated heterocycles. The summed E-state index contributed by atoms with van der Waals surface area (Å²) in [6.07, 6.45) is -18.0. The summed E-state index contributed by atoms with van der Waals surface area (Å²) in [7, 11) is 1.47. The fraction of sp³-hybridized carbons (Fsp3) is 0.441. The lowest BCUT2D eigenvalue weighted by molar-refractivity contribution is -0.348. The minimum absolute atomic E-state index is 0.0991. The SMILES string of the molecule is CN[C@H](CC(C)C)C(=O)N[C@H]1C(=O)N[C@@H](CC(N)=O)C(=O)N[C@H]2C(=O)N[C@H]3C(=O)N[C@H](C(=O)N[C@H](C(=O)NCCO)c4cc(O)cc(O)c4-c4cc3ccc4O)[C@H](O)c3ccc(c(Cl)c3)Oc3cc2cc(c3O[C@H]2O[C@@H](CO)[C@H](O)[C@@H](O)[C@@H]2O[C@H]2C[C@](C)(N)[C@H](C)[C@H](O)O2)Oc2ccc(cc2Cl)[C@H]1O. The Morgan fingerprint density at radius 3 is 1.92 bits per heavy atom. The van der Waals surface area contributed by atoms with Crippen LogP contribution in [0.3, 0.4) is 0 Å². The number of hydrogen-bond donors (Lipinski definition) is 20. The molecule has 7 aliphatic heterocycles. The van der Waals surface area contributed by atoms with E-state index in [9.17, 15) is 70.2 Å². The molecule has 104 heavy (non-hydrogen) atoms. The van der Waals surface area contributed by atoms with Crippen molar-refractivity contribution in [2.75, 3.05) is 26.8 Å². The fourth-order valence-corrected chi connectivity index (χ4v) is 13.1. The Hall–Kier alpha value is -9.24. The molecule has 0 unspecified atom stereocenters. The molecule has 0 saturated carbocycles. The van der Waals surface area contributed by atoms with Crippen molar-refractivity contribution in [2.45, 2.75) is 150 Å². The lowest BCUT2D eigenvalue weighted by Crippen LogP contribution is -2.63. The lowest BCUT2D eigenvalue weighted by Gasteiger charge is -2.47. The van der Waals surface area contributed by atoms with E-state index in [1.54, 1.807) is 13.8 Å². The number of aliphatic hydroxyl groups excluding tert-OH is 7. The molecule has 2 fully saturated rings. The normalized spacial score (nSPS) is 28.9. The van der Waals surface area contributed by atoms with Crippen molar-refractivity contribution < 1.29 is 118 Å². The number of phenolic OH excluding ortho intramolecular Hbond substituents is 3. The number of benzene rings is 5. The molecule has 7 heterocycles. The number of likely N-dealkylation sites (N-methyl/N-ethyl adjacent to an activating group) is 1. The third kappa shape index (κ3) is 16.6. The van der Waals surface area contributed by atoms with Crippen molar-refractivity contribution in [3.8, 4) is 57.1 Å². The number of nitrogens with two attached hydrogens (primary N) is 2. The summed E-state index contributed by atoms with van der Waals surface area (Å²) in [5.74, 6) is -15.7. The average Bonchev–Trinajstić information content (AvgIpc) is 0.765. The maximum atomic E-state index is 16.1. The summed E-state index contributed by atoms with van der Waals surface area (Å²) in [5.41, 5.74) is 8.63. The molecule has 34 nitrogen and oxygen atoms in total. The molecule has 11 bridgehead atoms. The van der Waals surface area contributed by atoms with Crippen LogP contribution < -0.4 is 68.2 Å². The first-order valence-corrected chi connectivity index (χ1v) is 33.6. The largest absolute Gasteiger partial charge is 0.508 e. The summed E-state index contributed by atoms with van der Waals surface area (Å²) in [5, 5.41) is 133. The van der Waals surface area contributed by atoms with E-state index in [-0.39, 0.29) is 46.2 Å². The number of amides is 8. The van der Waals surface area contributed by atoms with Gasteiger partial charge in [-0.1, -0.05) is 62.2 Å². The van der Waals surface area contributed by atoms with Gasteiger partial charge in [0.25, 0.3) is 0 Å². The van der Waals surface area contributed by atoms with Crippen molar-refractivity contribution in [3.63, 3.8) is 0 Å². The molecule has 560 valence electrons. The molecule has 0 aliphatic carbocycles. The second-order valence-corrected chi connectivity index (χ2v) is 27.2. The average molecular weight is 1490 g/mol.